The van der Waals surface area contributed by atoms with Crippen molar-refractivity contribution in [2.24, 2.45) is 0 Å². The van der Waals surface area contributed by atoms with Gasteiger partial charge in [-0.1, -0.05) is 127 Å². The minimum absolute atomic E-state index is 0. The number of piperidine rings is 1. The van der Waals surface area contributed by atoms with Crippen molar-refractivity contribution in [2.45, 2.75) is 56.4 Å². The standard InChI is InChI=1S/C21H25NO.C20H21N.ClH.H2O4S/c1-22-18-12-13-19(22)15-20(14-18)23-21(16-8-4-2-5-9-16)17-10-6-3-7-11-17;1-21(2)15-7-12-20-18-10-5-3-8-16(18)13-14-17-9-4-6-11-19(17)20;;1-5(2,3)4/h2-11,18-21H,12-15H2,1H3;3-6,8-14H,7,15H2,1-2H3;1H;(H2,1,2,3,4). The lowest BCUT2D eigenvalue weighted by Gasteiger charge is -2.38. The molecule has 0 aromatic heterocycles. The van der Waals surface area contributed by atoms with E-state index < -0.39 is 10.4 Å². The van der Waals surface area contributed by atoms with Crippen LogP contribution in [0.15, 0.2) is 115 Å². The quantitative estimate of drug-likeness (QED) is 0.163. The number of fused-ring (bicyclic) bond motifs is 4. The van der Waals surface area contributed by atoms with Gasteiger partial charge in [-0.25, -0.2) is 0 Å². The topological polar surface area (TPSA) is 90.3 Å². The number of hydrogen-bond donors (Lipinski definition) is 2. The second kappa shape index (κ2) is 18.6. The van der Waals surface area contributed by atoms with Gasteiger partial charge in [-0.3, -0.25) is 9.11 Å². The van der Waals surface area contributed by atoms with Crippen molar-refractivity contribution >= 4 is 40.5 Å². The lowest BCUT2D eigenvalue weighted by atomic mass is 9.93. The van der Waals surface area contributed by atoms with Crippen LogP contribution in [0, 0.1) is 0 Å². The predicted octanol–water partition coefficient (Wildman–Crippen LogP) is 8.74. The van der Waals surface area contributed by atoms with Gasteiger partial charge >= 0.3 is 10.4 Å². The summed E-state index contributed by atoms with van der Waals surface area (Å²) in [5, 5.41) is 0. The van der Waals surface area contributed by atoms with Gasteiger partial charge in [-0.05, 0) is 92.2 Å². The summed E-state index contributed by atoms with van der Waals surface area (Å²) in [4.78, 5) is 4.80. The molecule has 2 unspecified atom stereocenters. The Morgan fingerprint density at radius 1 is 0.760 bits per heavy atom. The Balaban J connectivity index is 0.000000196. The molecule has 7 nitrogen and oxygen atoms in total. The summed E-state index contributed by atoms with van der Waals surface area (Å²) in [6, 6.07) is 40.0. The average molecular weight is 717 g/mol. The van der Waals surface area contributed by atoms with Crippen molar-refractivity contribution in [2.75, 3.05) is 27.7 Å². The molecule has 1 aliphatic carbocycles. The second-order valence-corrected chi connectivity index (χ2v) is 14.0. The average Bonchev–Trinajstić information content (AvgIpc) is 3.23. The molecule has 4 aromatic carbocycles. The highest BCUT2D eigenvalue weighted by Gasteiger charge is 2.39. The van der Waals surface area contributed by atoms with Gasteiger partial charge in [0.05, 0.1) is 6.10 Å². The fourth-order valence-corrected chi connectivity index (χ4v) is 7.06. The third-order valence-electron chi connectivity index (χ3n) is 9.46. The van der Waals surface area contributed by atoms with E-state index >= 15 is 0 Å². The highest BCUT2D eigenvalue weighted by atomic mass is 35.5. The van der Waals surface area contributed by atoms with E-state index in [1.54, 1.807) is 0 Å². The zero-order valence-corrected chi connectivity index (χ0v) is 30.6. The molecule has 4 aromatic rings. The number of halogens is 1. The first-order valence-corrected chi connectivity index (χ1v) is 18.4. The number of hydrogen-bond acceptors (Lipinski definition) is 5. The Morgan fingerprint density at radius 2 is 1.18 bits per heavy atom. The first kappa shape index (κ1) is 39.2. The van der Waals surface area contributed by atoms with E-state index in [9.17, 15) is 0 Å². The van der Waals surface area contributed by atoms with Crippen LogP contribution in [0.4, 0.5) is 0 Å². The molecule has 0 amide bonds. The van der Waals surface area contributed by atoms with Gasteiger partial charge in [0, 0.05) is 18.6 Å². The van der Waals surface area contributed by atoms with Gasteiger partial charge in [0.25, 0.3) is 0 Å². The third-order valence-corrected chi connectivity index (χ3v) is 9.46. The monoisotopic (exact) mass is 716 g/mol. The highest BCUT2D eigenvalue weighted by molar-refractivity contribution is 7.79. The van der Waals surface area contributed by atoms with Gasteiger partial charge in [-0.2, -0.15) is 8.42 Å². The zero-order valence-electron chi connectivity index (χ0n) is 29.0. The van der Waals surface area contributed by atoms with E-state index in [4.69, 9.17) is 22.3 Å². The summed E-state index contributed by atoms with van der Waals surface area (Å²) in [5.41, 5.74) is 9.12. The number of nitrogens with zero attached hydrogens (tertiary/aromatic N) is 2. The predicted molar refractivity (Wildman–Crippen MR) is 207 cm³/mol. The fourth-order valence-electron chi connectivity index (χ4n) is 7.06. The summed E-state index contributed by atoms with van der Waals surface area (Å²) < 4.78 is 38.2. The van der Waals surface area contributed by atoms with Crippen molar-refractivity contribution in [1.29, 1.82) is 0 Å². The lowest BCUT2D eigenvalue weighted by molar-refractivity contribution is -0.0426. The van der Waals surface area contributed by atoms with Crippen LogP contribution in [-0.4, -0.2) is 73.2 Å². The molecular formula is C41H49ClN2O5S. The molecule has 2 heterocycles. The van der Waals surface area contributed by atoms with Gasteiger partial charge in [-0.15, -0.1) is 12.4 Å². The molecule has 50 heavy (non-hydrogen) atoms. The van der Waals surface area contributed by atoms with Crippen LogP contribution >= 0.6 is 12.4 Å². The molecule has 2 fully saturated rings. The Hall–Kier alpha value is -3.60. The minimum Gasteiger partial charge on any atom is -0.365 e. The van der Waals surface area contributed by atoms with Crippen molar-refractivity contribution in [3.05, 3.63) is 149 Å². The molecule has 2 saturated heterocycles. The molecule has 2 N–H and O–H groups in total. The smallest absolute Gasteiger partial charge is 0.365 e. The van der Waals surface area contributed by atoms with E-state index in [0.717, 1.165) is 13.0 Å². The van der Waals surface area contributed by atoms with Crippen LogP contribution in [0.25, 0.3) is 17.7 Å². The molecule has 266 valence electrons. The molecule has 9 heteroatoms. The molecule has 2 atom stereocenters. The van der Waals surface area contributed by atoms with E-state index in [2.05, 4.69) is 158 Å². The Labute approximate surface area is 304 Å². The summed E-state index contributed by atoms with van der Waals surface area (Å²) in [7, 11) is 1.86. The molecule has 0 spiro atoms. The van der Waals surface area contributed by atoms with Gasteiger partial charge < -0.3 is 14.5 Å². The largest absolute Gasteiger partial charge is 0.394 e. The number of benzene rings is 4. The van der Waals surface area contributed by atoms with Crippen LogP contribution in [0.2, 0.25) is 0 Å². The Bertz CT molecular complexity index is 1700. The van der Waals surface area contributed by atoms with Crippen LogP contribution in [0.1, 0.15) is 71.6 Å². The summed E-state index contributed by atoms with van der Waals surface area (Å²) in [5.74, 6) is 0. The van der Waals surface area contributed by atoms with Crippen molar-refractivity contribution < 1.29 is 22.3 Å². The molecule has 3 aliphatic rings. The van der Waals surface area contributed by atoms with Gasteiger partial charge in [0.15, 0.2) is 0 Å². The Morgan fingerprint density at radius 3 is 1.62 bits per heavy atom. The summed E-state index contributed by atoms with van der Waals surface area (Å²) in [6.45, 7) is 1.07. The maximum Gasteiger partial charge on any atom is 0.394 e. The maximum absolute atomic E-state index is 8.74. The van der Waals surface area contributed by atoms with Gasteiger partial charge in [0.1, 0.15) is 6.10 Å². The first-order chi connectivity index (χ1) is 23.6. The van der Waals surface area contributed by atoms with Crippen LogP contribution in [0.5, 0.6) is 0 Å². The fraction of sp³-hybridized carbons (Fsp3) is 0.317. The van der Waals surface area contributed by atoms with Crippen LogP contribution in [-0.2, 0) is 15.1 Å². The van der Waals surface area contributed by atoms with E-state index in [0.29, 0.717) is 18.2 Å². The number of ether oxygens (including phenoxy) is 1. The second-order valence-electron chi connectivity index (χ2n) is 13.1. The molecule has 2 aliphatic heterocycles. The van der Waals surface area contributed by atoms with E-state index in [1.807, 2.05) is 0 Å². The lowest BCUT2D eigenvalue weighted by Crippen LogP contribution is -2.43. The molecule has 0 saturated carbocycles. The van der Waals surface area contributed by atoms with Gasteiger partial charge in [0.2, 0.25) is 0 Å². The summed E-state index contributed by atoms with van der Waals surface area (Å²) >= 11 is 0. The van der Waals surface area contributed by atoms with Crippen molar-refractivity contribution in [3.63, 3.8) is 0 Å². The summed E-state index contributed by atoms with van der Waals surface area (Å²) in [6.07, 6.45) is 13.3. The van der Waals surface area contributed by atoms with E-state index in [-0.39, 0.29) is 18.5 Å². The minimum atomic E-state index is -4.67. The van der Waals surface area contributed by atoms with Crippen molar-refractivity contribution in [1.82, 2.24) is 9.80 Å². The van der Waals surface area contributed by atoms with Crippen LogP contribution < -0.4 is 0 Å². The third kappa shape index (κ3) is 11.2. The zero-order chi connectivity index (χ0) is 34.8. The molecule has 2 bridgehead atoms. The first-order valence-electron chi connectivity index (χ1n) is 17.0. The van der Waals surface area contributed by atoms with Crippen LogP contribution in [0.3, 0.4) is 0 Å². The van der Waals surface area contributed by atoms with E-state index in [1.165, 1.54) is 64.6 Å². The number of rotatable bonds is 7. The molecule has 7 rings (SSSR count). The SMILES string of the molecule is CN(C)CCC=C1c2ccccc2C=Cc2ccccc21.CN1C2CCC1CC(OC(c1ccccc1)c1ccccc1)C2.Cl.O=S(=O)(O)O. The normalized spacial score (nSPS) is 19.2. The Kier molecular flexibility index (Phi) is 14.6. The highest BCUT2D eigenvalue weighted by Crippen LogP contribution is 2.39. The molecular weight excluding hydrogens is 668 g/mol. The van der Waals surface area contributed by atoms with Crippen molar-refractivity contribution in [3.8, 4) is 0 Å². The maximum atomic E-state index is 8.74. The molecule has 0 radical (unpaired) electrons.